The summed E-state index contributed by atoms with van der Waals surface area (Å²) in [7, 11) is 1.64. The summed E-state index contributed by atoms with van der Waals surface area (Å²) in [4.78, 5) is 18.9. The van der Waals surface area contributed by atoms with Crippen LogP contribution in [0.4, 0.5) is 5.69 Å². The average molecular weight is 369 g/mol. The van der Waals surface area contributed by atoms with E-state index >= 15 is 0 Å². The fourth-order valence-corrected chi connectivity index (χ4v) is 4.73. The largest absolute Gasteiger partial charge is 0.497 e. The Morgan fingerprint density at radius 2 is 2.12 bits per heavy atom. The third-order valence-corrected chi connectivity index (χ3v) is 6.47. The van der Waals surface area contributed by atoms with Crippen molar-refractivity contribution in [2.45, 2.75) is 38.6 Å². The zero-order chi connectivity index (χ0) is 18.3. The van der Waals surface area contributed by atoms with Crippen LogP contribution in [0.2, 0.25) is 0 Å². The molecule has 1 amide bonds. The van der Waals surface area contributed by atoms with Crippen molar-refractivity contribution < 1.29 is 9.53 Å². The number of nitrogens with one attached hydrogen (secondary N) is 1. The number of methoxy groups -OCH3 is 1. The van der Waals surface area contributed by atoms with E-state index in [0.29, 0.717) is 16.5 Å². The Balaban J connectivity index is 1.70. The van der Waals surface area contributed by atoms with Crippen LogP contribution in [-0.4, -0.2) is 24.0 Å². The van der Waals surface area contributed by atoms with Crippen LogP contribution in [0.25, 0.3) is 21.1 Å². The van der Waals surface area contributed by atoms with E-state index in [1.807, 2.05) is 24.3 Å². The number of nitrogens with zero attached hydrogens (tertiary/aromatic N) is 1. The van der Waals surface area contributed by atoms with Gasteiger partial charge in [-0.3, -0.25) is 4.79 Å². The summed E-state index contributed by atoms with van der Waals surface area (Å²) in [5.41, 5.74) is 7.70. The molecule has 6 heteroatoms. The molecule has 136 valence electrons. The highest BCUT2D eigenvalue weighted by atomic mass is 32.1. The second kappa shape index (κ2) is 6.76. The molecule has 4 rings (SSSR count). The number of hydrogen-bond acceptors (Lipinski definition) is 5. The number of ether oxygens (including phenoxy) is 1. The van der Waals surface area contributed by atoms with Crippen LogP contribution in [0.5, 0.6) is 5.75 Å². The van der Waals surface area contributed by atoms with E-state index in [-0.39, 0.29) is 11.9 Å². The highest BCUT2D eigenvalue weighted by Gasteiger charge is 2.25. The van der Waals surface area contributed by atoms with E-state index in [1.165, 1.54) is 30.6 Å². The summed E-state index contributed by atoms with van der Waals surface area (Å²) in [6.45, 7) is 2.21. The number of carbonyl (C=O) groups excluding carboxylic acids is 1. The SMILES string of the molecule is COc1ccc2nc3sc(C(=O)NC4CCCCC4C)c(N)c3cc2c1. The molecule has 0 saturated heterocycles. The Hall–Kier alpha value is -2.34. The zero-order valence-electron chi connectivity index (χ0n) is 15.0. The summed E-state index contributed by atoms with van der Waals surface area (Å²) in [6.07, 6.45) is 4.63. The van der Waals surface area contributed by atoms with Gasteiger partial charge in [-0.15, -0.1) is 11.3 Å². The molecule has 2 aromatic heterocycles. The summed E-state index contributed by atoms with van der Waals surface area (Å²) >= 11 is 1.37. The molecule has 0 bridgehead atoms. The van der Waals surface area contributed by atoms with Crippen LogP contribution in [-0.2, 0) is 0 Å². The van der Waals surface area contributed by atoms with Crippen LogP contribution in [0.1, 0.15) is 42.3 Å². The summed E-state index contributed by atoms with van der Waals surface area (Å²) in [5, 5.41) is 4.97. The first kappa shape index (κ1) is 17.1. The van der Waals surface area contributed by atoms with Gasteiger partial charge in [0.2, 0.25) is 0 Å². The molecule has 1 fully saturated rings. The number of benzene rings is 1. The molecule has 2 unspecified atom stereocenters. The number of carbonyl (C=O) groups is 1. The van der Waals surface area contributed by atoms with Gasteiger partial charge in [0.1, 0.15) is 15.5 Å². The molecule has 2 atom stereocenters. The number of aromatic nitrogens is 1. The Labute approximate surface area is 156 Å². The standard InChI is InChI=1S/C20H23N3O2S/c1-11-5-3-4-6-15(11)22-19(24)18-17(21)14-10-12-9-13(25-2)7-8-16(12)23-20(14)26-18/h7-11,15H,3-6,21H2,1-2H3,(H,22,24). The predicted molar refractivity (Wildman–Crippen MR) is 107 cm³/mol. The minimum Gasteiger partial charge on any atom is -0.497 e. The molecule has 1 aliphatic carbocycles. The summed E-state index contributed by atoms with van der Waals surface area (Å²) in [5.74, 6) is 1.21. The van der Waals surface area contributed by atoms with Crippen LogP contribution < -0.4 is 15.8 Å². The molecule has 0 radical (unpaired) electrons. The van der Waals surface area contributed by atoms with E-state index < -0.39 is 0 Å². The summed E-state index contributed by atoms with van der Waals surface area (Å²) in [6, 6.07) is 7.97. The maximum atomic E-state index is 12.8. The van der Waals surface area contributed by atoms with E-state index in [2.05, 4.69) is 17.2 Å². The molecule has 5 nitrogen and oxygen atoms in total. The number of pyridine rings is 1. The van der Waals surface area contributed by atoms with Gasteiger partial charge in [0, 0.05) is 16.8 Å². The molecule has 1 aromatic carbocycles. The first-order chi connectivity index (χ1) is 12.6. The van der Waals surface area contributed by atoms with Crippen molar-refractivity contribution in [3.63, 3.8) is 0 Å². The Morgan fingerprint density at radius 1 is 1.31 bits per heavy atom. The quantitative estimate of drug-likeness (QED) is 0.719. The lowest BCUT2D eigenvalue weighted by Crippen LogP contribution is -2.40. The van der Waals surface area contributed by atoms with E-state index in [0.717, 1.165) is 33.3 Å². The highest BCUT2D eigenvalue weighted by molar-refractivity contribution is 7.21. The topological polar surface area (TPSA) is 77.2 Å². The average Bonchev–Trinajstić information content (AvgIpc) is 2.97. The fourth-order valence-electron chi connectivity index (χ4n) is 3.74. The number of nitrogens with two attached hydrogens (primary N) is 1. The van der Waals surface area contributed by atoms with E-state index in [9.17, 15) is 4.79 Å². The number of hydrogen-bond donors (Lipinski definition) is 2. The van der Waals surface area contributed by atoms with Crippen molar-refractivity contribution in [2.75, 3.05) is 12.8 Å². The molecular formula is C20H23N3O2S. The lowest BCUT2D eigenvalue weighted by atomic mass is 9.86. The molecule has 0 spiro atoms. The minimum absolute atomic E-state index is 0.0779. The number of thiophene rings is 1. The van der Waals surface area contributed by atoms with Crippen LogP contribution in [0.3, 0.4) is 0 Å². The van der Waals surface area contributed by atoms with Gasteiger partial charge < -0.3 is 15.8 Å². The van der Waals surface area contributed by atoms with Crippen molar-refractivity contribution in [3.05, 3.63) is 29.1 Å². The maximum Gasteiger partial charge on any atom is 0.263 e. The Bertz CT molecular complexity index is 982. The Morgan fingerprint density at radius 3 is 2.88 bits per heavy atom. The van der Waals surface area contributed by atoms with Gasteiger partial charge in [0.15, 0.2) is 0 Å². The molecule has 3 aromatic rings. The molecule has 0 aliphatic heterocycles. The number of anilines is 1. The van der Waals surface area contributed by atoms with Crippen molar-refractivity contribution >= 4 is 44.1 Å². The second-order valence-electron chi connectivity index (χ2n) is 7.09. The molecule has 2 heterocycles. The van der Waals surface area contributed by atoms with Gasteiger partial charge in [-0.25, -0.2) is 4.98 Å². The van der Waals surface area contributed by atoms with Gasteiger partial charge in [-0.1, -0.05) is 19.8 Å². The molecule has 3 N–H and O–H groups in total. The van der Waals surface area contributed by atoms with Crippen molar-refractivity contribution in [1.82, 2.24) is 10.3 Å². The smallest absolute Gasteiger partial charge is 0.263 e. The molecule has 1 aliphatic rings. The van der Waals surface area contributed by atoms with Crippen LogP contribution >= 0.6 is 11.3 Å². The first-order valence-corrected chi connectivity index (χ1v) is 9.86. The van der Waals surface area contributed by atoms with Gasteiger partial charge in [-0.2, -0.15) is 0 Å². The van der Waals surface area contributed by atoms with Crippen molar-refractivity contribution in [2.24, 2.45) is 5.92 Å². The second-order valence-corrected chi connectivity index (χ2v) is 8.09. The number of fused-ring (bicyclic) bond motifs is 2. The van der Waals surface area contributed by atoms with Crippen molar-refractivity contribution in [3.8, 4) is 5.75 Å². The number of nitrogen functional groups attached to an aromatic ring is 1. The molecular weight excluding hydrogens is 346 g/mol. The molecule has 26 heavy (non-hydrogen) atoms. The van der Waals surface area contributed by atoms with E-state index in [4.69, 9.17) is 10.5 Å². The first-order valence-electron chi connectivity index (χ1n) is 9.04. The van der Waals surface area contributed by atoms with Gasteiger partial charge in [-0.05, 0) is 43.0 Å². The lowest BCUT2D eigenvalue weighted by Gasteiger charge is -2.29. The van der Waals surface area contributed by atoms with Gasteiger partial charge in [0.05, 0.1) is 18.3 Å². The van der Waals surface area contributed by atoms with Gasteiger partial charge >= 0.3 is 0 Å². The number of rotatable bonds is 3. The number of amides is 1. The molecule has 1 saturated carbocycles. The third-order valence-electron chi connectivity index (χ3n) is 5.35. The highest BCUT2D eigenvalue weighted by Crippen LogP contribution is 2.35. The van der Waals surface area contributed by atoms with Crippen molar-refractivity contribution in [1.29, 1.82) is 0 Å². The van der Waals surface area contributed by atoms with Crippen LogP contribution in [0, 0.1) is 5.92 Å². The third kappa shape index (κ3) is 2.98. The monoisotopic (exact) mass is 369 g/mol. The van der Waals surface area contributed by atoms with Crippen LogP contribution in [0.15, 0.2) is 24.3 Å². The zero-order valence-corrected chi connectivity index (χ0v) is 15.9. The summed E-state index contributed by atoms with van der Waals surface area (Å²) < 4.78 is 5.28. The lowest BCUT2D eigenvalue weighted by molar-refractivity contribution is 0.0915. The van der Waals surface area contributed by atoms with E-state index in [1.54, 1.807) is 7.11 Å². The minimum atomic E-state index is -0.0779. The fraction of sp³-hybridized carbons (Fsp3) is 0.400. The normalized spacial score (nSPS) is 20.4. The predicted octanol–water partition coefficient (Wildman–Crippen LogP) is 4.35. The van der Waals surface area contributed by atoms with Gasteiger partial charge in [0.25, 0.3) is 5.91 Å². The Kier molecular flexibility index (Phi) is 4.44. The maximum absolute atomic E-state index is 12.8.